The molecule has 3 atom stereocenters. The van der Waals surface area contributed by atoms with Gasteiger partial charge in [0.2, 0.25) is 0 Å². The molecule has 1 saturated carbocycles. The Bertz CT molecular complexity index is 2600. The van der Waals surface area contributed by atoms with Gasteiger partial charge in [-0.25, -0.2) is 0 Å². The third kappa shape index (κ3) is 9.53. The molecule has 6 heteroatoms. The van der Waals surface area contributed by atoms with E-state index in [0.29, 0.717) is 11.1 Å². The molecular formula is C53H50N2O2P2. The van der Waals surface area contributed by atoms with Gasteiger partial charge in [0.1, 0.15) is 0 Å². The Morgan fingerprint density at radius 1 is 0.475 bits per heavy atom. The monoisotopic (exact) mass is 808 g/mol. The molecule has 294 valence electrons. The van der Waals surface area contributed by atoms with Crippen LogP contribution in [0.2, 0.25) is 0 Å². The van der Waals surface area contributed by atoms with Crippen LogP contribution in [0.25, 0.3) is 32.7 Å². The first kappa shape index (κ1) is 41.2. The van der Waals surface area contributed by atoms with E-state index in [1.54, 1.807) is 0 Å². The summed E-state index contributed by atoms with van der Waals surface area (Å²) in [6.07, 6.45) is 3.57. The van der Waals surface area contributed by atoms with Crippen LogP contribution in [0.3, 0.4) is 0 Å². The minimum absolute atomic E-state index is 0. The number of fused-ring (bicyclic) bond motifs is 2. The van der Waals surface area contributed by atoms with E-state index in [1.165, 1.54) is 15.9 Å². The second kappa shape index (κ2) is 19.7. The normalized spacial score (nSPS) is 14.7. The molecule has 59 heavy (non-hydrogen) atoms. The maximum absolute atomic E-state index is 14.8. The molecule has 8 aromatic rings. The first-order chi connectivity index (χ1) is 28.5. The van der Waals surface area contributed by atoms with E-state index in [9.17, 15) is 9.59 Å². The number of rotatable bonds is 8. The number of hydrogen-bond donors (Lipinski definition) is 2. The van der Waals surface area contributed by atoms with E-state index >= 15 is 0 Å². The van der Waals surface area contributed by atoms with Crippen molar-refractivity contribution in [1.29, 1.82) is 0 Å². The van der Waals surface area contributed by atoms with Crippen LogP contribution in [-0.2, 0) is 0 Å². The largest absolute Gasteiger partial charge is 0.347 e. The van der Waals surface area contributed by atoms with Crippen molar-refractivity contribution >= 4 is 71.7 Å². The van der Waals surface area contributed by atoms with Gasteiger partial charge in [-0.15, -0.1) is 9.24 Å². The van der Waals surface area contributed by atoms with E-state index in [-0.39, 0.29) is 31.3 Å². The van der Waals surface area contributed by atoms with Crippen LogP contribution in [0.5, 0.6) is 0 Å². The predicted octanol–water partition coefficient (Wildman–Crippen LogP) is 10.7. The molecule has 2 amide bonds. The van der Waals surface area contributed by atoms with Gasteiger partial charge in [0, 0.05) is 12.1 Å². The van der Waals surface area contributed by atoms with Gasteiger partial charge in [-0.05, 0) is 74.7 Å². The molecule has 1 aliphatic rings. The lowest BCUT2D eigenvalue weighted by Crippen LogP contribution is -2.53. The van der Waals surface area contributed by atoms with Crippen molar-refractivity contribution in [1.82, 2.24) is 10.6 Å². The van der Waals surface area contributed by atoms with E-state index in [4.69, 9.17) is 0 Å². The lowest BCUT2D eigenvalue weighted by molar-refractivity contribution is 0.0865. The van der Waals surface area contributed by atoms with Gasteiger partial charge < -0.3 is 10.6 Å². The molecule has 0 aliphatic heterocycles. The molecule has 0 radical (unpaired) electrons. The maximum atomic E-state index is 14.8. The van der Waals surface area contributed by atoms with Crippen LogP contribution in [0, 0.1) is 0 Å². The Hall–Kier alpha value is -5.92. The van der Waals surface area contributed by atoms with Gasteiger partial charge in [-0.1, -0.05) is 214 Å². The van der Waals surface area contributed by atoms with Crippen LogP contribution >= 0.6 is 17.2 Å². The minimum atomic E-state index is -1.02. The maximum Gasteiger partial charge on any atom is 0.252 e. The summed E-state index contributed by atoms with van der Waals surface area (Å²) in [5.74, 6) is -0.207. The highest BCUT2D eigenvalue weighted by Gasteiger charge is 2.32. The zero-order valence-corrected chi connectivity index (χ0v) is 34.3. The number of benzene rings is 8. The van der Waals surface area contributed by atoms with Crippen LogP contribution in [-0.4, -0.2) is 23.9 Å². The quantitative estimate of drug-likeness (QED) is 0.150. The Morgan fingerprint density at radius 3 is 1.41 bits per heavy atom. The van der Waals surface area contributed by atoms with Crippen molar-refractivity contribution in [2.24, 2.45) is 0 Å². The summed E-state index contributed by atoms with van der Waals surface area (Å²) in [6.45, 7) is 0. The summed E-state index contributed by atoms with van der Waals surface area (Å²) in [5, 5.41) is 15.4. The molecular weight excluding hydrogens is 759 g/mol. The van der Waals surface area contributed by atoms with Crippen LogP contribution < -0.4 is 31.9 Å². The van der Waals surface area contributed by atoms with Crippen molar-refractivity contribution in [3.63, 3.8) is 0 Å². The minimum Gasteiger partial charge on any atom is -0.347 e. The van der Waals surface area contributed by atoms with E-state index < -0.39 is 7.92 Å². The number of nitrogens with one attached hydrogen (secondary N) is 2. The lowest BCUT2D eigenvalue weighted by Gasteiger charge is -2.34. The van der Waals surface area contributed by atoms with Gasteiger partial charge in [0.05, 0.1) is 11.1 Å². The standard InChI is InChI=1S/C46H39N2O2P.C6H7P.CH4/c49-45(43-37-24-12-10-18-33(37)28-30-39(43)32-16-4-1-5-17-32)47-40-26-14-15-27-41(40)48-46(50)44-38-25-13-11-19-34(38)29-31-42(44)51(35-20-6-2-7-21-35)36-22-8-3-9-23-36;7-6-4-2-1-3-5-6;/h1-13,16-25,28-31,40-41H,14-15,26-27H2,(H,47,49)(H,48,50);1-5H,7H2;1H4. The first-order valence-electron chi connectivity index (χ1n) is 20.0. The molecule has 4 nitrogen and oxygen atoms in total. The summed E-state index contributed by atoms with van der Waals surface area (Å²) >= 11 is 0. The number of amides is 2. The molecule has 0 spiro atoms. The fraction of sp³-hybridized carbons (Fsp3) is 0.132. The van der Waals surface area contributed by atoms with Crippen LogP contribution in [0.4, 0.5) is 0 Å². The zero-order chi connectivity index (χ0) is 39.7. The van der Waals surface area contributed by atoms with Gasteiger partial charge in [0.25, 0.3) is 11.8 Å². The van der Waals surface area contributed by atoms with Gasteiger partial charge in [-0.2, -0.15) is 0 Å². The van der Waals surface area contributed by atoms with Crippen molar-refractivity contribution in [2.45, 2.75) is 45.2 Å². The summed E-state index contributed by atoms with van der Waals surface area (Å²) in [7, 11) is 1.60. The van der Waals surface area contributed by atoms with E-state index in [0.717, 1.165) is 63.7 Å². The Labute approximate surface area is 352 Å². The van der Waals surface area contributed by atoms with Crippen molar-refractivity contribution in [3.8, 4) is 11.1 Å². The number of hydrogen-bond acceptors (Lipinski definition) is 2. The van der Waals surface area contributed by atoms with E-state index in [1.807, 2.05) is 115 Å². The molecule has 1 aliphatic carbocycles. The topological polar surface area (TPSA) is 58.2 Å². The Balaban J connectivity index is 0.000000600. The fourth-order valence-electron chi connectivity index (χ4n) is 8.05. The highest BCUT2D eigenvalue weighted by atomic mass is 31.1. The molecule has 2 N–H and O–H groups in total. The second-order valence-corrected chi connectivity index (χ2v) is 17.5. The molecule has 0 saturated heterocycles. The highest BCUT2D eigenvalue weighted by Crippen LogP contribution is 2.37. The van der Waals surface area contributed by atoms with Gasteiger partial charge in [0.15, 0.2) is 0 Å². The number of carbonyl (C=O) groups excluding carboxylic acids is 2. The summed E-state index contributed by atoms with van der Waals surface area (Å²) in [5.41, 5.74) is 3.28. The zero-order valence-electron chi connectivity index (χ0n) is 32.3. The summed E-state index contributed by atoms with van der Waals surface area (Å²) in [6, 6.07) is 65.5. The van der Waals surface area contributed by atoms with Crippen molar-refractivity contribution in [3.05, 3.63) is 205 Å². The molecule has 0 heterocycles. The molecule has 0 aromatic heterocycles. The predicted molar refractivity (Wildman–Crippen MR) is 256 cm³/mol. The molecule has 8 aromatic carbocycles. The summed E-state index contributed by atoms with van der Waals surface area (Å²) < 4.78 is 0. The smallest absolute Gasteiger partial charge is 0.252 e. The summed E-state index contributed by atoms with van der Waals surface area (Å²) in [4.78, 5) is 29.2. The Morgan fingerprint density at radius 2 is 0.898 bits per heavy atom. The highest BCUT2D eigenvalue weighted by molar-refractivity contribution is 7.80. The lowest BCUT2D eigenvalue weighted by atomic mass is 9.88. The second-order valence-electron chi connectivity index (χ2n) is 14.6. The van der Waals surface area contributed by atoms with Crippen molar-refractivity contribution < 1.29 is 9.59 Å². The molecule has 3 unspecified atom stereocenters. The average molecular weight is 809 g/mol. The SMILES string of the molecule is C.O=C(NC1CCCCC1NC(=O)c1c(P(c2ccccc2)c2ccccc2)ccc2ccccc12)c1c(-c2ccccc2)ccc2ccccc12.Pc1ccccc1. The fourth-order valence-corrected chi connectivity index (χ4v) is 10.7. The third-order valence-corrected chi connectivity index (χ3v) is 13.7. The molecule has 1 fully saturated rings. The first-order valence-corrected chi connectivity index (χ1v) is 21.9. The number of carbonyl (C=O) groups is 2. The molecule has 0 bridgehead atoms. The van der Waals surface area contributed by atoms with Gasteiger partial charge in [-0.3, -0.25) is 9.59 Å². The van der Waals surface area contributed by atoms with Crippen LogP contribution in [0.15, 0.2) is 194 Å². The van der Waals surface area contributed by atoms with Crippen LogP contribution in [0.1, 0.15) is 53.8 Å². The average Bonchev–Trinajstić information content (AvgIpc) is 3.28. The van der Waals surface area contributed by atoms with Crippen molar-refractivity contribution in [2.75, 3.05) is 0 Å². The third-order valence-electron chi connectivity index (χ3n) is 10.8. The molecule has 9 rings (SSSR count). The van der Waals surface area contributed by atoms with E-state index in [2.05, 4.69) is 98.7 Å². The Kier molecular flexibility index (Phi) is 13.8. The van der Waals surface area contributed by atoms with Gasteiger partial charge >= 0.3 is 0 Å².